The van der Waals surface area contributed by atoms with Crippen LogP contribution in [0.4, 0.5) is 0 Å². The molecule has 148 valence electrons. The summed E-state index contributed by atoms with van der Waals surface area (Å²) in [5, 5.41) is 0. The minimum Gasteiger partial charge on any atom is -0.489 e. The monoisotopic (exact) mass is 391 g/mol. The highest BCUT2D eigenvalue weighted by Gasteiger charge is 2.40. The minimum absolute atomic E-state index is 0.235. The summed E-state index contributed by atoms with van der Waals surface area (Å²) in [4.78, 5) is 14.8. The molecule has 3 fully saturated rings. The predicted molar refractivity (Wildman–Crippen MR) is 106 cm³/mol. The average molecular weight is 392 g/mol. The fourth-order valence-corrected chi connectivity index (χ4v) is 5.54. The van der Waals surface area contributed by atoms with Crippen molar-refractivity contribution in [3.63, 3.8) is 0 Å². The Morgan fingerprint density at radius 2 is 1.96 bits per heavy atom. The van der Waals surface area contributed by atoms with Crippen molar-refractivity contribution < 1.29 is 14.3 Å². The van der Waals surface area contributed by atoms with Gasteiger partial charge < -0.3 is 9.47 Å². The summed E-state index contributed by atoms with van der Waals surface area (Å²) in [6.07, 6.45) is 8.05. The summed E-state index contributed by atoms with van der Waals surface area (Å²) in [5.74, 6) is 2.57. The van der Waals surface area contributed by atoms with Crippen molar-refractivity contribution in [2.45, 2.75) is 63.5 Å². The van der Waals surface area contributed by atoms with Crippen molar-refractivity contribution in [2.24, 2.45) is 11.8 Å². The van der Waals surface area contributed by atoms with Gasteiger partial charge >= 0.3 is 5.97 Å². The van der Waals surface area contributed by atoms with Crippen LogP contribution in [0.15, 0.2) is 18.2 Å². The second-order valence-electron chi connectivity index (χ2n) is 8.33. The van der Waals surface area contributed by atoms with E-state index in [2.05, 4.69) is 4.90 Å². The lowest BCUT2D eigenvalue weighted by atomic mass is 9.96. The number of nitrogens with zero attached hydrogens (tertiary/aromatic N) is 1. The molecule has 5 heteroatoms. The molecule has 4 atom stereocenters. The van der Waals surface area contributed by atoms with E-state index in [4.69, 9.17) is 21.1 Å². The first-order chi connectivity index (χ1) is 13.2. The maximum Gasteiger partial charge on any atom is 0.338 e. The van der Waals surface area contributed by atoms with Crippen LogP contribution in [0.2, 0.25) is 0 Å². The Bertz CT molecular complexity index is 668. The van der Waals surface area contributed by atoms with Gasteiger partial charge in [-0.2, -0.15) is 0 Å². The molecule has 4 nitrogen and oxygen atoms in total. The zero-order chi connectivity index (χ0) is 18.8. The van der Waals surface area contributed by atoms with Crippen molar-refractivity contribution in [1.29, 1.82) is 0 Å². The Hall–Kier alpha value is -1.26. The number of alkyl halides is 1. The summed E-state index contributed by atoms with van der Waals surface area (Å²) < 4.78 is 11.5. The summed E-state index contributed by atoms with van der Waals surface area (Å²) in [5.41, 5.74) is 1.31. The molecular weight excluding hydrogens is 362 g/mol. The first kappa shape index (κ1) is 19.1. The van der Waals surface area contributed by atoms with Gasteiger partial charge in [0, 0.05) is 25.0 Å². The zero-order valence-corrected chi connectivity index (χ0v) is 16.9. The van der Waals surface area contributed by atoms with Gasteiger partial charge in [0.15, 0.2) is 0 Å². The van der Waals surface area contributed by atoms with Gasteiger partial charge in [-0.1, -0.05) is 0 Å². The van der Waals surface area contributed by atoms with E-state index in [0.717, 1.165) is 29.6 Å². The highest BCUT2D eigenvalue weighted by Crippen LogP contribution is 2.40. The molecule has 1 heterocycles. The van der Waals surface area contributed by atoms with Crippen LogP contribution in [0, 0.1) is 11.8 Å². The SMILES string of the molecule is CCOC(=O)c1ccc(O[C@H]2CCC[C@@H]2N2CC3CCC(C3)C2)cc1CCl. The van der Waals surface area contributed by atoms with E-state index in [1.54, 1.807) is 6.07 Å². The Morgan fingerprint density at radius 1 is 1.19 bits per heavy atom. The third kappa shape index (κ3) is 4.12. The molecular formula is C22H30ClNO3. The molecule has 4 rings (SSSR count). The zero-order valence-electron chi connectivity index (χ0n) is 16.2. The predicted octanol–water partition coefficient (Wildman–Crippen LogP) is 4.63. The van der Waals surface area contributed by atoms with Gasteiger partial charge in [0.05, 0.1) is 12.2 Å². The Balaban J connectivity index is 1.45. The highest BCUT2D eigenvalue weighted by molar-refractivity contribution is 6.17. The molecule has 0 radical (unpaired) electrons. The van der Waals surface area contributed by atoms with Crippen LogP contribution >= 0.6 is 11.6 Å². The number of ether oxygens (including phenoxy) is 2. The van der Waals surface area contributed by atoms with Gasteiger partial charge in [-0.05, 0) is 81.0 Å². The third-order valence-corrected chi connectivity index (χ3v) is 6.81. The van der Waals surface area contributed by atoms with E-state index in [-0.39, 0.29) is 18.0 Å². The molecule has 0 amide bonds. The Morgan fingerprint density at radius 3 is 2.67 bits per heavy atom. The second-order valence-corrected chi connectivity index (χ2v) is 8.59. The number of likely N-dealkylation sites (tertiary alicyclic amines) is 1. The molecule has 1 saturated heterocycles. The lowest BCUT2D eigenvalue weighted by molar-refractivity contribution is 0.0515. The number of esters is 1. The molecule has 27 heavy (non-hydrogen) atoms. The van der Waals surface area contributed by atoms with E-state index in [1.807, 2.05) is 19.1 Å². The van der Waals surface area contributed by atoms with Crippen molar-refractivity contribution in [2.75, 3.05) is 19.7 Å². The molecule has 3 aliphatic rings. The van der Waals surface area contributed by atoms with Crippen LogP contribution in [0.5, 0.6) is 5.75 Å². The standard InChI is InChI=1S/C22H30ClNO3/c1-2-26-22(25)19-9-8-18(11-17(19)12-23)27-21-5-3-4-20(21)24-13-15-6-7-16(10-15)14-24/h8-9,11,15-16,20-21H,2-7,10,12-14H2,1H3/t15?,16?,20-,21-/m0/s1. The van der Waals surface area contributed by atoms with Crippen LogP contribution in [-0.2, 0) is 10.6 Å². The van der Waals surface area contributed by atoms with Gasteiger partial charge in [0.1, 0.15) is 11.9 Å². The molecule has 2 bridgehead atoms. The molecule has 2 saturated carbocycles. The van der Waals surface area contributed by atoms with Crippen LogP contribution < -0.4 is 4.74 Å². The summed E-state index contributed by atoms with van der Waals surface area (Å²) >= 11 is 6.08. The smallest absolute Gasteiger partial charge is 0.338 e. The van der Waals surface area contributed by atoms with E-state index in [1.165, 1.54) is 45.2 Å². The summed E-state index contributed by atoms with van der Waals surface area (Å²) in [6.45, 7) is 4.66. The molecule has 0 aromatic heterocycles. The fraction of sp³-hybridized carbons (Fsp3) is 0.682. The fourth-order valence-electron chi connectivity index (χ4n) is 5.32. The minimum atomic E-state index is -0.317. The first-order valence-corrected chi connectivity index (χ1v) is 11.0. The van der Waals surface area contributed by atoms with Crippen molar-refractivity contribution in [3.05, 3.63) is 29.3 Å². The Labute approximate surface area is 167 Å². The molecule has 1 aliphatic heterocycles. The largest absolute Gasteiger partial charge is 0.489 e. The maximum absolute atomic E-state index is 12.1. The van der Waals surface area contributed by atoms with Gasteiger partial charge in [0.25, 0.3) is 0 Å². The molecule has 0 spiro atoms. The lowest BCUT2D eigenvalue weighted by Gasteiger charge is -2.38. The molecule has 0 N–H and O–H groups in total. The number of carbonyl (C=O) groups excluding carboxylic acids is 1. The van der Waals surface area contributed by atoms with Crippen molar-refractivity contribution >= 4 is 17.6 Å². The second kappa shape index (κ2) is 8.40. The number of hydrogen-bond donors (Lipinski definition) is 0. The maximum atomic E-state index is 12.1. The Kier molecular flexibility index (Phi) is 5.93. The van der Waals surface area contributed by atoms with Gasteiger partial charge in [-0.25, -0.2) is 4.79 Å². The molecule has 1 aromatic rings. The quantitative estimate of drug-likeness (QED) is 0.523. The lowest BCUT2D eigenvalue weighted by Crippen LogP contribution is -2.48. The van der Waals surface area contributed by atoms with Crippen LogP contribution in [0.3, 0.4) is 0 Å². The highest BCUT2D eigenvalue weighted by atomic mass is 35.5. The number of rotatable bonds is 6. The molecule has 2 aliphatic carbocycles. The number of hydrogen-bond acceptors (Lipinski definition) is 4. The van der Waals surface area contributed by atoms with Gasteiger partial charge in [-0.15, -0.1) is 11.6 Å². The van der Waals surface area contributed by atoms with E-state index in [9.17, 15) is 4.79 Å². The van der Waals surface area contributed by atoms with Crippen LogP contribution in [-0.4, -0.2) is 42.7 Å². The molecule has 2 unspecified atom stereocenters. The first-order valence-electron chi connectivity index (χ1n) is 10.4. The number of piperidine rings is 1. The average Bonchev–Trinajstić information content (AvgIpc) is 3.27. The van der Waals surface area contributed by atoms with Crippen molar-refractivity contribution in [3.8, 4) is 5.75 Å². The summed E-state index contributed by atoms with van der Waals surface area (Å²) in [6, 6.07) is 6.11. The summed E-state index contributed by atoms with van der Waals surface area (Å²) in [7, 11) is 0. The number of fused-ring (bicyclic) bond motifs is 2. The third-order valence-electron chi connectivity index (χ3n) is 6.53. The van der Waals surface area contributed by atoms with Gasteiger partial charge in [-0.3, -0.25) is 4.90 Å². The number of benzene rings is 1. The van der Waals surface area contributed by atoms with Crippen LogP contribution in [0.25, 0.3) is 0 Å². The molecule has 1 aromatic carbocycles. The van der Waals surface area contributed by atoms with E-state index in [0.29, 0.717) is 18.2 Å². The van der Waals surface area contributed by atoms with Crippen LogP contribution in [0.1, 0.15) is 61.4 Å². The van der Waals surface area contributed by atoms with Crippen molar-refractivity contribution in [1.82, 2.24) is 4.90 Å². The van der Waals surface area contributed by atoms with E-state index >= 15 is 0 Å². The number of carbonyl (C=O) groups is 1. The van der Waals surface area contributed by atoms with E-state index < -0.39 is 0 Å². The van der Waals surface area contributed by atoms with Gasteiger partial charge in [0.2, 0.25) is 0 Å². The topological polar surface area (TPSA) is 38.8 Å². The number of halogens is 1. The normalized spacial score (nSPS) is 30.4.